The van der Waals surface area contributed by atoms with Gasteiger partial charge in [0.25, 0.3) is 0 Å². The van der Waals surface area contributed by atoms with Gasteiger partial charge in [-0.15, -0.1) is 0 Å². The molecule has 0 aliphatic carbocycles. The Morgan fingerprint density at radius 3 is 2.52 bits per heavy atom. The molecule has 2 aromatic rings. The highest BCUT2D eigenvalue weighted by Crippen LogP contribution is 2.29. The monoisotopic (exact) mass is 313 g/mol. The second-order valence-electron chi connectivity index (χ2n) is 5.93. The SMILES string of the molecule is COc1ccccc1C(CN)CCCOc1ccc(C)cc1C. The summed E-state index contributed by atoms with van der Waals surface area (Å²) < 4.78 is 11.4. The van der Waals surface area contributed by atoms with Gasteiger partial charge in [-0.3, -0.25) is 0 Å². The first-order valence-corrected chi connectivity index (χ1v) is 8.18. The van der Waals surface area contributed by atoms with Crippen LogP contribution in [0.15, 0.2) is 42.5 Å². The lowest BCUT2D eigenvalue weighted by Crippen LogP contribution is -2.14. The molecule has 0 spiro atoms. The van der Waals surface area contributed by atoms with Crippen LogP contribution in [0.4, 0.5) is 0 Å². The predicted octanol–water partition coefficient (Wildman–Crippen LogP) is 4.21. The van der Waals surface area contributed by atoms with Crippen LogP contribution in [0, 0.1) is 13.8 Å². The van der Waals surface area contributed by atoms with Crippen LogP contribution < -0.4 is 15.2 Å². The zero-order valence-corrected chi connectivity index (χ0v) is 14.3. The van der Waals surface area contributed by atoms with E-state index in [4.69, 9.17) is 15.2 Å². The summed E-state index contributed by atoms with van der Waals surface area (Å²) in [7, 11) is 1.70. The first-order valence-electron chi connectivity index (χ1n) is 8.18. The Labute approximate surface area is 139 Å². The predicted molar refractivity (Wildman–Crippen MR) is 95.4 cm³/mol. The molecule has 0 amide bonds. The molecule has 2 rings (SSSR count). The number of methoxy groups -OCH3 is 1. The molecule has 0 fully saturated rings. The van der Waals surface area contributed by atoms with Crippen molar-refractivity contribution in [3.63, 3.8) is 0 Å². The van der Waals surface area contributed by atoms with Gasteiger partial charge in [0.05, 0.1) is 13.7 Å². The molecular weight excluding hydrogens is 286 g/mol. The molecule has 0 heterocycles. The zero-order valence-electron chi connectivity index (χ0n) is 14.3. The van der Waals surface area contributed by atoms with Crippen molar-refractivity contribution in [1.29, 1.82) is 0 Å². The van der Waals surface area contributed by atoms with E-state index in [1.807, 2.05) is 24.3 Å². The summed E-state index contributed by atoms with van der Waals surface area (Å²) >= 11 is 0. The summed E-state index contributed by atoms with van der Waals surface area (Å²) in [4.78, 5) is 0. The van der Waals surface area contributed by atoms with Crippen molar-refractivity contribution in [2.45, 2.75) is 32.6 Å². The molecule has 0 saturated carbocycles. The standard InChI is InChI=1S/C20H27NO2/c1-15-10-11-19(16(2)13-15)23-12-6-7-17(14-21)18-8-4-5-9-20(18)22-3/h4-5,8-11,13,17H,6-7,12,14,21H2,1-3H3. The van der Waals surface area contributed by atoms with Gasteiger partial charge in [0, 0.05) is 0 Å². The Morgan fingerprint density at radius 2 is 1.83 bits per heavy atom. The molecule has 23 heavy (non-hydrogen) atoms. The van der Waals surface area contributed by atoms with Crippen LogP contribution in [-0.2, 0) is 0 Å². The second-order valence-corrected chi connectivity index (χ2v) is 5.93. The number of hydrogen-bond donors (Lipinski definition) is 1. The Bertz CT molecular complexity index is 625. The molecule has 1 unspecified atom stereocenters. The smallest absolute Gasteiger partial charge is 0.122 e. The fourth-order valence-corrected chi connectivity index (χ4v) is 2.88. The first kappa shape index (κ1) is 17.4. The maximum atomic E-state index is 5.97. The van der Waals surface area contributed by atoms with Crippen molar-refractivity contribution in [1.82, 2.24) is 0 Å². The van der Waals surface area contributed by atoms with Gasteiger partial charge in [-0.05, 0) is 62.4 Å². The molecule has 0 aliphatic heterocycles. The van der Waals surface area contributed by atoms with Gasteiger partial charge in [-0.1, -0.05) is 35.9 Å². The molecule has 0 radical (unpaired) electrons. The van der Waals surface area contributed by atoms with Gasteiger partial charge in [-0.2, -0.15) is 0 Å². The Balaban J connectivity index is 1.89. The Hall–Kier alpha value is -2.00. The molecule has 0 aromatic heterocycles. The molecule has 2 aromatic carbocycles. The van der Waals surface area contributed by atoms with Crippen LogP contribution in [0.5, 0.6) is 11.5 Å². The summed E-state index contributed by atoms with van der Waals surface area (Å²) in [6.07, 6.45) is 1.95. The molecule has 1 atom stereocenters. The molecule has 0 bridgehead atoms. The minimum atomic E-state index is 0.300. The number of hydrogen-bond acceptors (Lipinski definition) is 3. The van der Waals surface area contributed by atoms with Gasteiger partial charge >= 0.3 is 0 Å². The number of aryl methyl sites for hydroxylation is 2. The third kappa shape index (κ3) is 4.73. The lowest BCUT2D eigenvalue weighted by atomic mass is 9.93. The molecule has 0 aliphatic rings. The number of rotatable bonds is 8. The molecule has 124 valence electrons. The van der Waals surface area contributed by atoms with Gasteiger partial charge in [0.1, 0.15) is 11.5 Å². The van der Waals surface area contributed by atoms with Gasteiger partial charge in [-0.25, -0.2) is 0 Å². The van der Waals surface area contributed by atoms with Crippen LogP contribution in [0.2, 0.25) is 0 Å². The van der Waals surface area contributed by atoms with Crippen LogP contribution in [-0.4, -0.2) is 20.3 Å². The average Bonchev–Trinajstić information content (AvgIpc) is 2.56. The normalized spacial score (nSPS) is 12.0. The minimum absolute atomic E-state index is 0.300. The van der Waals surface area contributed by atoms with E-state index in [9.17, 15) is 0 Å². The maximum Gasteiger partial charge on any atom is 0.122 e. The first-order chi connectivity index (χ1) is 11.2. The summed E-state index contributed by atoms with van der Waals surface area (Å²) in [5.74, 6) is 2.18. The van der Waals surface area contributed by atoms with Gasteiger partial charge in [0.2, 0.25) is 0 Å². The summed E-state index contributed by atoms with van der Waals surface area (Å²) in [6, 6.07) is 14.4. The molecule has 3 nitrogen and oxygen atoms in total. The molecule has 3 heteroatoms. The van der Waals surface area contributed by atoms with E-state index in [1.165, 1.54) is 16.7 Å². The highest BCUT2D eigenvalue weighted by Gasteiger charge is 2.14. The van der Waals surface area contributed by atoms with Crippen molar-refractivity contribution in [3.05, 3.63) is 59.2 Å². The van der Waals surface area contributed by atoms with Crippen molar-refractivity contribution in [2.24, 2.45) is 5.73 Å². The Kier molecular flexibility index (Phi) is 6.48. The highest BCUT2D eigenvalue weighted by atomic mass is 16.5. The van der Waals surface area contributed by atoms with Crippen LogP contribution >= 0.6 is 0 Å². The highest BCUT2D eigenvalue weighted by molar-refractivity contribution is 5.37. The van der Waals surface area contributed by atoms with Crippen LogP contribution in [0.3, 0.4) is 0 Å². The quantitative estimate of drug-likeness (QED) is 0.742. The van der Waals surface area contributed by atoms with Crippen LogP contribution in [0.1, 0.15) is 35.4 Å². The summed E-state index contributed by atoms with van der Waals surface area (Å²) in [5.41, 5.74) is 9.59. The van der Waals surface area contributed by atoms with Crippen molar-refractivity contribution in [2.75, 3.05) is 20.3 Å². The average molecular weight is 313 g/mol. The van der Waals surface area contributed by atoms with Crippen molar-refractivity contribution < 1.29 is 9.47 Å². The van der Waals surface area contributed by atoms with E-state index in [2.05, 4.69) is 32.0 Å². The van der Waals surface area contributed by atoms with E-state index in [0.29, 0.717) is 19.1 Å². The summed E-state index contributed by atoms with van der Waals surface area (Å²) in [5, 5.41) is 0. The molecule has 2 N–H and O–H groups in total. The maximum absolute atomic E-state index is 5.97. The zero-order chi connectivity index (χ0) is 16.7. The lowest BCUT2D eigenvalue weighted by molar-refractivity contribution is 0.299. The Morgan fingerprint density at radius 1 is 1.04 bits per heavy atom. The molecule has 0 saturated heterocycles. The number of benzene rings is 2. The topological polar surface area (TPSA) is 44.5 Å². The van der Waals surface area contributed by atoms with Gasteiger partial charge < -0.3 is 15.2 Å². The number of para-hydroxylation sites is 1. The largest absolute Gasteiger partial charge is 0.496 e. The fourth-order valence-electron chi connectivity index (χ4n) is 2.88. The van der Waals surface area contributed by atoms with Crippen molar-refractivity contribution >= 4 is 0 Å². The van der Waals surface area contributed by atoms with Crippen LogP contribution in [0.25, 0.3) is 0 Å². The van der Waals surface area contributed by atoms with E-state index in [1.54, 1.807) is 7.11 Å². The van der Waals surface area contributed by atoms with E-state index in [-0.39, 0.29) is 0 Å². The van der Waals surface area contributed by atoms with Gasteiger partial charge in [0.15, 0.2) is 0 Å². The van der Waals surface area contributed by atoms with Crippen molar-refractivity contribution in [3.8, 4) is 11.5 Å². The van der Waals surface area contributed by atoms with E-state index in [0.717, 1.165) is 24.3 Å². The van der Waals surface area contributed by atoms with E-state index < -0.39 is 0 Å². The lowest BCUT2D eigenvalue weighted by Gasteiger charge is -2.18. The number of ether oxygens (including phenoxy) is 2. The summed E-state index contributed by atoms with van der Waals surface area (Å²) in [6.45, 7) is 5.50. The fraction of sp³-hybridized carbons (Fsp3) is 0.400. The van der Waals surface area contributed by atoms with E-state index >= 15 is 0 Å². The second kappa shape index (κ2) is 8.59. The minimum Gasteiger partial charge on any atom is -0.496 e. The third-order valence-corrected chi connectivity index (χ3v) is 4.15. The molecular formula is C20H27NO2. The third-order valence-electron chi connectivity index (χ3n) is 4.15. The number of nitrogens with two attached hydrogens (primary N) is 1.